The molecule has 0 unspecified atom stereocenters. The summed E-state index contributed by atoms with van der Waals surface area (Å²) < 4.78 is 11.0. The summed E-state index contributed by atoms with van der Waals surface area (Å²) in [6.07, 6.45) is 1.50. The molecule has 1 aromatic carbocycles. The first-order chi connectivity index (χ1) is 15.7. The molecule has 4 heterocycles. The van der Waals surface area contributed by atoms with Crippen LogP contribution in [0.2, 0.25) is 0 Å². The van der Waals surface area contributed by atoms with Crippen LogP contribution in [0.15, 0.2) is 28.8 Å². The summed E-state index contributed by atoms with van der Waals surface area (Å²) in [4.78, 5) is 32.8. The van der Waals surface area contributed by atoms with Crippen molar-refractivity contribution in [2.75, 3.05) is 32.8 Å². The Kier molecular flexibility index (Phi) is 5.60. The largest absolute Gasteiger partial charge is 0.366 e. The fourth-order valence-corrected chi connectivity index (χ4v) is 4.72. The van der Waals surface area contributed by atoms with Crippen LogP contribution < -0.4 is 5.32 Å². The lowest BCUT2D eigenvalue weighted by molar-refractivity contribution is -0.139. The Hall–Kier alpha value is -2.94. The highest BCUT2D eigenvalue weighted by atomic mass is 16.5. The Labute approximate surface area is 193 Å². The zero-order chi connectivity index (χ0) is 23.2. The standard InChI is InChI=1S/C24H31N5O4/c1-24(2,3)10-21-26-22(27-33-21)16-6-4-15(5-7-16)17-11-29(12-17)23(31)28-9-8-19-18(13-28)25-20(30)14-32-19/h4-7,17-19H,8-14H2,1-3H3,(H,25,30)/t18-,19+/m1/s1. The smallest absolute Gasteiger partial charge is 0.320 e. The van der Waals surface area contributed by atoms with Crippen molar-refractivity contribution in [3.8, 4) is 11.4 Å². The zero-order valence-corrected chi connectivity index (χ0v) is 19.4. The molecule has 0 aliphatic carbocycles. The molecule has 3 saturated heterocycles. The van der Waals surface area contributed by atoms with Gasteiger partial charge in [-0.2, -0.15) is 4.98 Å². The molecule has 176 valence electrons. The number of aromatic nitrogens is 2. The van der Waals surface area contributed by atoms with Gasteiger partial charge in [-0.25, -0.2) is 4.79 Å². The van der Waals surface area contributed by atoms with Crippen LogP contribution in [0, 0.1) is 5.41 Å². The average Bonchev–Trinajstić information content (AvgIpc) is 3.19. The summed E-state index contributed by atoms with van der Waals surface area (Å²) in [6.45, 7) is 9.11. The van der Waals surface area contributed by atoms with Crippen LogP contribution >= 0.6 is 0 Å². The van der Waals surface area contributed by atoms with Crippen molar-refractivity contribution < 1.29 is 18.8 Å². The molecule has 2 aromatic rings. The predicted molar refractivity (Wildman–Crippen MR) is 120 cm³/mol. The van der Waals surface area contributed by atoms with Gasteiger partial charge in [-0.15, -0.1) is 0 Å². The van der Waals surface area contributed by atoms with E-state index in [0.717, 1.165) is 18.4 Å². The molecule has 0 bridgehead atoms. The van der Waals surface area contributed by atoms with Gasteiger partial charge in [-0.3, -0.25) is 4.79 Å². The lowest BCUT2D eigenvalue weighted by atomic mass is 9.91. The van der Waals surface area contributed by atoms with Gasteiger partial charge in [-0.1, -0.05) is 50.2 Å². The fraction of sp³-hybridized carbons (Fsp3) is 0.583. The molecule has 3 aliphatic heterocycles. The zero-order valence-electron chi connectivity index (χ0n) is 19.4. The lowest BCUT2D eigenvalue weighted by Gasteiger charge is -2.46. The van der Waals surface area contributed by atoms with Gasteiger partial charge in [0, 0.05) is 44.1 Å². The second kappa shape index (κ2) is 8.44. The van der Waals surface area contributed by atoms with E-state index < -0.39 is 0 Å². The Bertz CT molecular complexity index is 1020. The van der Waals surface area contributed by atoms with Crippen LogP contribution in [0.3, 0.4) is 0 Å². The molecule has 3 aliphatic rings. The van der Waals surface area contributed by atoms with Gasteiger partial charge in [0.1, 0.15) is 6.61 Å². The first kappa shape index (κ1) is 21.9. The number of nitrogens with one attached hydrogen (secondary N) is 1. The molecule has 5 rings (SSSR count). The van der Waals surface area contributed by atoms with Gasteiger partial charge in [0.05, 0.1) is 12.1 Å². The number of urea groups is 1. The molecule has 0 saturated carbocycles. The molecule has 0 spiro atoms. The molecule has 3 fully saturated rings. The Morgan fingerprint density at radius 1 is 1.15 bits per heavy atom. The number of piperidine rings is 1. The minimum atomic E-state index is -0.109. The fourth-order valence-electron chi connectivity index (χ4n) is 4.72. The molecule has 1 N–H and O–H groups in total. The Balaban J connectivity index is 1.15. The van der Waals surface area contributed by atoms with Crippen molar-refractivity contribution >= 4 is 11.9 Å². The van der Waals surface area contributed by atoms with E-state index in [-0.39, 0.29) is 36.1 Å². The van der Waals surface area contributed by atoms with E-state index in [4.69, 9.17) is 9.26 Å². The van der Waals surface area contributed by atoms with Gasteiger partial charge < -0.3 is 24.4 Å². The molecule has 33 heavy (non-hydrogen) atoms. The highest BCUT2D eigenvalue weighted by molar-refractivity contribution is 5.79. The molecule has 9 nitrogen and oxygen atoms in total. The summed E-state index contributed by atoms with van der Waals surface area (Å²) in [5, 5.41) is 7.07. The van der Waals surface area contributed by atoms with Gasteiger partial charge in [0.15, 0.2) is 0 Å². The maximum atomic E-state index is 12.9. The second-order valence-corrected chi connectivity index (χ2v) is 10.5. The van der Waals surface area contributed by atoms with E-state index in [1.165, 1.54) is 5.56 Å². The molecular weight excluding hydrogens is 422 g/mol. The number of hydrogen-bond donors (Lipinski definition) is 1. The van der Waals surface area contributed by atoms with Crippen LogP contribution in [0.4, 0.5) is 4.79 Å². The third-order valence-electron chi connectivity index (χ3n) is 6.54. The second-order valence-electron chi connectivity index (χ2n) is 10.5. The summed E-state index contributed by atoms with van der Waals surface area (Å²) in [7, 11) is 0. The third kappa shape index (κ3) is 4.73. The molecular formula is C24H31N5O4. The number of ether oxygens (including phenoxy) is 1. The van der Waals surface area contributed by atoms with Crippen molar-refractivity contribution in [1.29, 1.82) is 0 Å². The quantitative estimate of drug-likeness (QED) is 0.766. The maximum Gasteiger partial charge on any atom is 0.320 e. The van der Waals surface area contributed by atoms with E-state index in [1.54, 1.807) is 0 Å². The van der Waals surface area contributed by atoms with Crippen molar-refractivity contribution in [2.45, 2.75) is 51.7 Å². The lowest BCUT2D eigenvalue weighted by Crippen LogP contribution is -2.63. The highest BCUT2D eigenvalue weighted by Crippen LogP contribution is 2.30. The first-order valence-electron chi connectivity index (χ1n) is 11.6. The van der Waals surface area contributed by atoms with Gasteiger partial charge in [-0.05, 0) is 17.4 Å². The Morgan fingerprint density at radius 2 is 1.91 bits per heavy atom. The number of carbonyl (C=O) groups excluding carboxylic acids is 2. The van der Waals surface area contributed by atoms with Crippen LogP contribution in [0.25, 0.3) is 11.4 Å². The number of rotatable bonds is 3. The summed E-state index contributed by atoms with van der Waals surface area (Å²) >= 11 is 0. The highest BCUT2D eigenvalue weighted by Gasteiger charge is 2.40. The van der Waals surface area contributed by atoms with E-state index in [1.807, 2.05) is 21.9 Å². The van der Waals surface area contributed by atoms with Crippen molar-refractivity contribution in [1.82, 2.24) is 25.3 Å². The van der Waals surface area contributed by atoms with E-state index in [0.29, 0.717) is 43.8 Å². The van der Waals surface area contributed by atoms with Gasteiger partial charge >= 0.3 is 6.03 Å². The monoisotopic (exact) mass is 453 g/mol. The first-order valence-corrected chi connectivity index (χ1v) is 11.6. The van der Waals surface area contributed by atoms with Crippen molar-refractivity contribution in [3.63, 3.8) is 0 Å². The number of fused-ring (bicyclic) bond motifs is 1. The SMILES string of the molecule is CC(C)(C)Cc1nc(-c2ccc(C3CN(C(=O)N4CC[C@@H]5OCC(=O)N[C@@H]5C4)C3)cc2)no1. The van der Waals surface area contributed by atoms with Crippen LogP contribution in [-0.2, 0) is 16.0 Å². The number of amides is 3. The van der Waals surface area contributed by atoms with Gasteiger partial charge in [0.25, 0.3) is 0 Å². The number of likely N-dealkylation sites (tertiary alicyclic amines) is 2. The molecule has 9 heteroatoms. The normalized spacial score (nSPS) is 23.7. The van der Waals surface area contributed by atoms with E-state index >= 15 is 0 Å². The predicted octanol–water partition coefficient (Wildman–Crippen LogP) is 2.43. The minimum absolute atomic E-state index is 0.0122. The Morgan fingerprint density at radius 3 is 2.64 bits per heavy atom. The van der Waals surface area contributed by atoms with Crippen molar-refractivity contribution in [2.24, 2.45) is 5.41 Å². The van der Waals surface area contributed by atoms with Crippen LogP contribution in [0.5, 0.6) is 0 Å². The summed E-state index contributed by atoms with van der Waals surface area (Å²) in [5.74, 6) is 1.47. The van der Waals surface area contributed by atoms with Crippen LogP contribution in [-0.4, -0.2) is 76.8 Å². The topological polar surface area (TPSA) is 101 Å². The number of hydrogen-bond acceptors (Lipinski definition) is 6. The van der Waals surface area contributed by atoms with Crippen molar-refractivity contribution in [3.05, 3.63) is 35.7 Å². The summed E-state index contributed by atoms with van der Waals surface area (Å²) in [5.41, 5.74) is 2.22. The number of benzene rings is 1. The minimum Gasteiger partial charge on any atom is -0.366 e. The van der Waals surface area contributed by atoms with Gasteiger partial charge in [0.2, 0.25) is 17.6 Å². The van der Waals surface area contributed by atoms with E-state index in [2.05, 4.69) is 48.4 Å². The average molecular weight is 454 g/mol. The molecule has 0 radical (unpaired) electrons. The molecule has 3 amide bonds. The number of morpholine rings is 1. The third-order valence-corrected chi connectivity index (χ3v) is 6.54. The molecule has 1 aromatic heterocycles. The van der Waals surface area contributed by atoms with E-state index in [9.17, 15) is 9.59 Å². The number of nitrogens with zero attached hydrogens (tertiary/aromatic N) is 4. The summed E-state index contributed by atoms with van der Waals surface area (Å²) in [6, 6.07) is 8.13. The van der Waals surface area contributed by atoms with Crippen LogP contribution in [0.1, 0.15) is 44.6 Å². The molecule has 2 atom stereocenters. The number of carbonyl (C=O) groups is 2. The maximum absolute atomic E-state index is 12.9.